The monoisotopic (exact) mass is 315 g/mol. The first-order valence-electron chi connectivity index (χ1n) is 8.45. The number of nitrogens with one attached hydrogen (secondary N) is 2. The van der Waals surface area contributed by atoms with Crippen molar-refractivity contribution in [3.63, 3.8) is 0 Å². The summed E-state index contributed by atoms with van der Waals surface area (Å²) in [6.07, 6.45) is 4.28. The van der Waals surface area contributed by atoms with Gasteiger partial charge in [-0.15, -0.1) is 0 Å². The fourth-order valence-electron chi connectivity index (χ4n) is 2.46. The number of hydrogen-bond acceptors (Lipinski definition) is 3. The van der Waals surface area contributed by atoms with E-state index < -0.39 is 0 Å². The fraction of sp³-hybridized carbons (Fsp3) is 0.526. The fourth-order valence-corrected chi connectivity index (χ4v) is 2.46. The van der Waals surface area contributed by atoms with Crippen molar-refractivity contribution in [1.82, 2.24) is 15.5 Å². The second-order valence-corrected chi connectivity index (χ2v) is 7.17. The van der Waals surface area contributed by atoms with Crippen LogP contribution in [0.25, 0.3) is 6.08 Å². The highest BCUT2D eigenvalue weighted by Gasteiger charge is 2.10. The molecule has 0 atom stereocenters. The van der Waals surface area contributed by atoms with Crippen molar-refractivity contribution in [2.75, 3.05) is 39.3 Å². The van der Waals surface area contributed by atoms with Gasteiger partial charge in [-0.1, -0.05) is 45.1 Å². The molecule has 4 heteroatoms. The molecule has 4 nitrogen and oxygen atoms in total. The van der Waals surface area contributed by atoms with Crippen LogP contribution in [-0.4, -0.2) is 50.1 Å². The maximum atomic E-state index is 12.2. The summed E-state index contributed by atoms with van der Waals surface area (Å²) in [7, 11) is 0. The number of hydrogen-bond donors (Lipinski definition) is 2. The number of piperazine rings is 1. The first-order valence-corrected chi connectivity index (χ1v) is 8.45. The summed E-state index contributed by atoms with van der Waals surface area (Å²) in [5.41, 5.74) is 2.01. The number of amides is 1. The molecule has 23 heavy (non-hydrogen) atoms. The van der Waals surface area contributed by atoms with Gasteiger partial charge in [0.15, 0.2) is 0 Å². The zero-order valence-electron chi connectivity index (χ0n) is 14.6. The highest BCUT2D eigenvalue weighted by atomic mass is 16.1. The van der Waals surface area contributed by atoms with Crippen LogP contribution in [0.15, 0.2) is 30.3 Å². The van der Waals surface area contributed by atoms with Gasteiger partial charge in [-0.05, 0) is 23.1 Å². The number of carbonyl (C=O) groups is 1. The van der Waals surface area contributed by atoms with Crippen LogP contribution in [0.3, 0.4) is 0 Å². The molecule has 1 fully saturated rings. The zero-order valence-corrected chi connectivity index (χ0v) is 14.6. The molecular formula is C19H29N3O. The Hall–Kier alpha value is -1.65. The molecule has 2 rings (SSSR count). The number of benzene rings is 1. The zero-order chi connectivity index (χ0) is 16.7. The molecule has 0 radical (unpaired) electrons. The molecule has 1 amide bonds. The number of rotatable bonds is 5. The molecule has 0 spiro atoms. The lowest BCUT2D eigenvalue weighted by atomic mass is 9.95. The van der Waals surface area contributed by atoms with Crippen molar-refractivity contribution in [1.29, 1.82) is 0 Å². The maximum absolute atomic E-state index is 12.2. The van der Waals surface area contributed by atoms with Gasteiger partial charge >= 0.3 is 0 Å². The van der Waals surface area contributed by atoms with Gasteiger partial charge < -0.3 is 10.6 Å². The Morgan fingerprint density at radius 2 is 1.87 bits per heavy atom. The number of allylic oxidation sites excluding steroid dienone is 1. The standard InChI is InChI=1S/C19H29N3O/c1-19(2,3)9-8-16-4-6-17(7-5-16)18(23)21-12-15-22-13-10-20-11-14-22/h4-9,20H,10-15H2,1-3H3,(H,21,23)/b9-8+. The predicted octanol–water partition coefficient (Wildman–Crippen LogP) is 2.38. The summed E-state index contributed by atoms with van der Waals surface area (Å²) in [5, 5.41) is 6.33. The van der Waals surface area contributed by atoms with Crippen LogP contribution in [0.5, 0.6) is 0 Å². The van der Waals surface area contributed by atoms with E-state index in [2.05, 4.69) is 48.5 Å². The van der Waals surface area contributed by atoms with Crippen molar-refractivity contribution in [3.05, 3.63) is 41.5 Å². The molecular weight excluding hydrogens is 286 g/mol. The van der Waals surface area contributed by atoms with Crippen LogP contribution >= 0.6 is 0 Å². The van der Waals surface area contributed by atoms with Crippen LogP contribution < -0.4 is 10.6 Å². The minimum Gasteiger partial charge on any atom is -0.351 e. The molecule has 1 aliphatic rings. The summed E-state index contributed by atoms with van der Waals surface area (Å²) in [6.45, 7) is 12.3. The summed E-state index contributed by atoms with van der Waals surface area (Å²) < 4.78 is 0. The van der Waals surface area contributed by atoms with Crippen LogP contribution in [0.2, 0.25) is 0 Å². The molecule has 126 valence electrons. The topological polar surface area (TPSA) is 44.4 Å². The summed E-state index contributed by atoms with van der Waals surface area (Å²) >= 11 is 0. The Morgan fingerprint density at radius 1 is 1.22 bits per heavy atom. The molecule has 0 unspecified atom stereocenters. The molecule has 1 heterocycles. The molecule has 1 aliphatic heterocycles. The van der Waals surface area contributed by atoms with Gasteiger partial charge in [-0.3, -0.25) is 9.69 Å². The molecule has 1 saturated heterocycles. The van der Waals surface area contributed by atoms with E-state index in [-0.39, 0.29) is 11.3 Å². The largest absolute Gasteiger partial charge is 0.351 e. The highest BCUT2D eigenvalue weighted by Crippen LogP contribution is 2.17. The van der Waals surface area contributed by atoms with Crippen molar-refractivity contribution in [2.45, 2.75) is 20.8 Å². The van der Waals surface area contributed by atoms with E-state index in [1.54, 1.807) is 0 Å². The first-order chi connectivity index (χ1) is 10.9. The molecule has 0 bridgehead atoms. The van der Waals surface area contributed by atoms with Gasteiger partial charge in [-0.25, -0.2) is 0 Å². The minimum atomic E-state index is 0.00601. The lowest BCUT2D eigenvalue weighted by Crippen LogP contribution is -2.46. The average Bonchev–Trinajstić information content (AvgIpc) is 2.54. The van der Waals surface area contributed by atoms with Gasteiger partial charge in [0.05, 0.1) is 0 Å². The second-order valence-electron chi connectivity index (χ2n) is 7.17. The highest BCUT2D eigenvalue weighted by molar-refractivity contribution is 5.94. The van der Waals surface area contributed by atoms with Crippen molar-refractivity contribution in [2.24, 2.45) is 5.41 Å². The Bertz CT molecular complexity index is 523. The second kappa shape index (κ2) is 8.27. The van der Waals surface area contributed by atoms with E-state index in [1.165, 1.54) is 0 Å². The van der Waals surface area contributed by atoms with E-state index in [4.69, 9.17) is 0 Å². The summed E-state index contributed by atoms with van der Waals surface area (Å²) in [5.74, 6) is 0.00601. The molecule has 2 N–H and O–H groups in total. The molecule has 1 aromatic rings. The summed E-state index contributed by atoms with van der Waals surface area (Å²) in [4.78, 5) is 14.5. The molecule has 0 aliphatic carbocycles. The number of nitrogens with zero attached hydrogens (tertiary/aromatic N) is 1. The molecule has 0 saturated carbocycles. The van der Waals surface area contributed by atoms with Crippen molar-refractivity contribution in [3.8, 4) is 0 Å². The van der Waals surface area contributed by atoms with Gasteiger partial charge in [0, 0.05) is 44.8 Å². The Labute approximate surface area is 140 Å². The van der Waals surface area contributed by atoms with Gasteiger partial charge in [0.25, 0.3) is 5.91 Å². The summed E-state index contributed by atoms with van der Waals surface area (Å²) in [6, 6.07) is 7.77. The lowest BCUT2D eigenvalue weighted by Gasteiger charge is -2.27. The SMILES string of the molecule is CC(C)(C)/C=C/c1ccc(C(=O)NCCN2CCNCC2)cc1. The number of carbonyl (C=O) groups excluding carboxylic acids is 1. The third-order valence-electron chi connectivity index (χ3n) is 3.87. The van der Waals surface area contributed by atoms with E-state index in [9.17, 15) is 4.79 Å². The van der Waals surface area contributed by atoms with Gasteiger partial charge in [-0.2, -0.15) is 0 Å². The average molecular weight is 315 g/mol. The van der Waals surface area contributed by atoms with E-state index in [0.29, 0.717) is 6.54 Å². The quantitative estimate of drug-likeness (QED) is 0.877. The van der Waals surface area contributed by atoms with Gasteiger partial charge in [0.2, 0.25) is 0 Å². The predicted molar refractivity (Wildman–Crippen MR) is 96.6 cm³/mol. The lowest BCUT2D eigenvalue weighted by molar-refractivity contribution is 0.0947. The Balaban J connectivity index is 1.79. The van der Waals surface area contributed by atoms with Crippen LogP contribution in [0.4, 0.5) is 0 Å². The first kappa shape index (κ1) is 17.7. The van der Waals surface area contributed by atoms with E-state index in [1.807, 2.05) is 24.3 Å². The van der Waals surface area contributed by atoms with Crippen LogP contribution in [0, 0.1) is 5.41 Å². The van der Waals surface area contributed by atoms with E-state index in [0.717, 1.165) is 43.9 Å². The minimum absolute atomic E-state index is 0.00601. The molecule has 1 aromatic carbocycles. The molecule has 0 aromatic heterocycles. The third kappa shape index (κ3) is 6.55. The third-order valence-corrected chi connectivity index (χ3v) is 3.87. The smallest absolute Gasteiger partial charge is 0.251 e. The van der Waals surface area contributed by atoms with Crippen LogP contribution in [0.1, 0.15) is 36.7 Å². The van der Waals surface area contributed by atoms with Gasteiger partial charge in [0.1, 0.15) is 0 Å². The normalized spacial score (nSPS) is 16.7. The Morgan fingerprint density at radius 3 is 2.48 bits per heavy atom. The van der Waals surface area contributed by atoms with Crippen LogP contribution in [-0.2, 0) is 0 Å². The van der Waals surface area contributed by atoms with Crippen molar-refractivity contribution >= 4 is 12.0 Å². The maximum Gasteiger partial charge on any atom is 0.251 e. The van der Waals surface area contributed by atoms with E-state index >= 15 is 0 Å². The Kier molecular flexibility index (Phi) is 6.37. The van der Waals surface area contributed by atoms with Crippen molar-refractivity contribution < 1.29 is 4.79 Å².